The van der Waals surface area contributed by atoms with Gasteiger partial charge in [-0.3, -0.25) is 0 Å². The number of hydrogen-bond acceptors (Lipinski definition) is 6. The largest absolute Gasteiger partial charge is 0.492 e. The van der Waals surface area contributed by atoms with E-state index in [1.807, 2.05) is 49.4 Å². The van der Waals surface area contributed by atoms with Crippen LogP contribution in [0, 0.1) is 5.82 Å². The van der Waals surface area contributed by atoms with Gasteiger partial charge in [0.05, 0.1) is 30.6 Å². The molecular weight excluding hydrogens is 397 g/mol. The van der Waals surface area contributed by atoms with E-state index < -0.39 is 6.04 Å². The van der Waals surface area contributed by atoms with Crippen LogP contribution >= 0.6 is 0 Å². The van der Waals surface area contributed by atoms with Crippen molar-refractivity contribution < 1.29 is 14.2 Å². The van der Waals surface area contributed by atoms with Gasteiger partial charge in [0.1, 0.15) is 24.0 Å². The van der Waals surface area contributed by atoms with Crippen LogP contribution in [0.2, 0.25) is 0 Å². The molecule has 2 aromatic heterocycles. The van der Waals surface area contributed by atoms with E-state index in [1.54, 1.807) is 16.8 Å². The molecule has 8 heteroatoms. The number of aliphatic hydroxyl groups excluding tert-OH is 1. The van der Waals surface area contributed by atoms with Gasteiger partial charge in [-0.2, -0.15) is 0 Å². The highest BCUT2D eigenvalue weighted by molar-refractivity contribution is 5.64. The molecule has 0 fully saturated rings. The maximum Gasteiger partial charge on any atom is 0.154 e. The average Bonchev–Trinajstić information content (AvgIpc) is 3.21. The van der Waals surface area contributed by atoms with Crippen molar-refractivity contribution in [1.29, 1.82) is 0 Å². The number of aliphatic hydroxyl groups is 1. The van der Waals surface area contributed by atoms with Gasteiger partial charge in [-0.25, -0.2) is 13.9 Å². The minimum atomic E-state index is -0.414. The summed E-state index contributed by atoms with van der Waals surface area (Å²) in [7, 11) is 0. The number of hydrogen-bond donors (Lipinski definition) is 3. The second kappa shape index (κ2) is 9.11. The number of benzene rings is 2. The Labute approximate surface area is 179 Å². The number of rotatable bonds is 8. The third-order valence-corrected chi connectivity index (χ3v) is 4.92. The van der Waals surface area contributed by atoms with Gasteiger partial charge in [0.2, 0.25) is 0 Å². The van der Waals surface area contributed by atoms with E-state index in [0.717, 1.165) is 16.8 Å². The average molecular weight is 421 g/mol. The lowest BCUT2D eigenvalue weighted by atomic mass is 10.1. The van der Waals surface area contributed by atoms with E-state index in [9.17, 15) is 4.39 Å². The summed E-state index contributed by atoms with van der Waals surface area (Å²) in [5.41, 5.74) is 8.97. The SMILES string of the molecule is C[C@@H](Nc1ccc2ncc(-c3ccc(OC[C@@H](N)CO)cc3)n2n1)c1cccc(F)c1. The Morgan fingerprint density at radius 3 is 2.71 bits per heavy atom. The predicted octanol–water partition coefficient (Wildman–Crippen LogP) is 3.41. The van der Waals surface area contributed by atoms with Crippen molar-refractivity contribution in [1.82, 2.24) is 14.6 Å². The fourth-order valence-electron chi connectivity index (χ4n) is 3.21. The third-order valence-electron chi connectivity index (χ3n) is 4.92. The monoisotopic (exact) mass is 421 g/mol. The summed E-state index contributed by atoms with van der Waals surface area (Å²) < 4.78 is 20.9. The Bertz CT molecular complexity index is 1160. The predicted molar refractivity (Wildman–Crippen MR) is 117 cm³/mol. The number of ether oxygens (including phenoxy) is 1. The highest BCUT2D eigenvalue weighted by Crippen LogP contribution is 2.25. The summed E-state index contributed by atoms with van der Waals surface area (Å²) in [6.07, 6.45) is 1.76. The van der Waals surface area contributed by atoms with Crippen molar-refractivity contribution in [2.24, 2.45) is 5.73 Å². The lowest BCUT2D eigenvalue weighted by Crippen LogP contribution is -2.31. The molecule has 4 aromatic rings. The Balaban J connectivity index is 1.54. The minimum Gasteiger partial charge on any atom is -0.492 e. The van der Waals surface area contributed by atoms with E-state index in [1.165, 1.54) is 12.1 Å². The number of anilines is 1. The summed E-state index contributed by atoms with van der Waals surface area (Å²) in [5, 5.41) is 17.0. The van der Waals surface area contributed by atoms with Crippen LogP contribution in [0.4, 0.5) is 10.2 Å². The van der Waals surface area contributed by atoms with Gasteiger partial charge in [0, 0.05) is 5.56 Å². The number of nitrogens with zero attached hydrogens (tertiary/aromatic N) is 3. The summed E-state index contributed by atoms with van der Waals surface area (Å²) in [4.78, 5) is 4.43. The van der Waals surface area contributed by atoms with Crippen molar-refractivity contribution in [2.75, 3.05) is 18.5 Å². The number of halogens is 1. The molecule has 0 radical (unpaired) electrons. The van der Waals surface area contributed by atoms with Crippen LogP contribution in [0.3, 0.4) is 0 Å². The first-order valence-corrected chi connectivity index (χ1v) is 10.00. The van der Waals surface area contributed by atoms with Gasteiger partial charge in [-0.05, 0) is 61.0 Å². The number of nitrogens with two attached hydrogens (primary N) is 1. The summed E-state index contributed by atoms with van der Waals surface area (Å²) >= 11 is 0. The van der Waals surface area contributed by atoms with Crippen LogP contribution in [-0.2, 0) is 0 Å². The van der Waals surface area contributed by atoms with Gasteiger partial charge in [0.25, 0.3) is 0 Å². The van der Waals surface area contributed by atoms with Crippen LogP contribution in [0.1, 0.15) is 18.5 Å². The van der Waals surface area contributed by atoms with Crippen molar-refractivity contribution in [3.05, 3.63) is 78.2 Å². The second-order valence-corrected chi connectivity index (χ2v) is 7.33. The zero-order valence-corrected chi connectivity index (χ0v) is 17.1. The molecule has 2 aromatic carbocycles. The molecule has 0 unspecified atom stereocenters. The van der Waals surface area contributed by atoms with Crippen LogP contribution < -0.4 is 15.8 Å². The zero-order valence-electron chi connectivity index (χ0n) is 17.1. The standard InChI is InChI=1S/C23H24FN5O2/c1-15(17-3-2-4-18(24)11-17)27-22-9-10-23-26-12-21(29(23)28-22)16-5-7-20(8-6-16)31-14-19(25)13-30/h2-12,15,19,30H,13-14,25H2,1H3,(H,27,28)/t15-,19+/m1/s1. The van der Waals surface area contributed by atoms with Crippen molar-refractivity contribution in [3.63, 3.8) is 0 Å². The lowest BCUT2D eigenvalue weighted by Gasteiger charge is -2.15. The fourth-order valence-corrected chi connectivity index (χ4v) is 3.21. The maximum atomic E-state index is 13.5. The second-order valence-electron chi connectivity index (χ2n) is 7.33. The molecule has 2 atom stereocenters. The van der Waals surface area contributed by atoms with Crippen LogP contribution in [0.5, 0.6) is 5.75 Å². The molecule has 0 aliphatic heterocycles. The minimum absolute atomic E-state index is 0.116. The fraction of sp³-hybridized carbons (Fsp3) is 0.217. The quantitative estimate of drug-likeness (QED) is 0.403. The number of aromatic nitrogens is 3. The molecule has 0 bridgehead atoms. The number of imidazole rings is 1. The van der Waals surface area contributed by atoms with E-state index in [4.69, 9.17) is 15.6 Å². The van der Waals surface area contributed by atoms with E-state index in [0.29, 0.717) is 17.2 Å². The number of nitrogens with one attached hydrogen (secondary N) is 1. The first kappa shape index (κ1) is 20.8. The molecule has 160 valence electrons. The Hall–Kier alpha value is -3.49. The maximum absolute atomic E-state index is 13.5. The molecular formula is C23H24FN5O2. The summed E-state index contributed by atoms with van der Waals surface area (Å²) in [6, 6.07) is 17.2. The molecule has 31 heavy (non-hydrogen) atoms. The van der Waals surface area contributed by atoms with E-state index >= 15 is 0 Å². The molecule has 0 amide bonds. The number of fused-ring (bicyclic) bond motifs is 1. The molecule has 4 N–H and O–H groups in total. The highest BCUT2D eigenvalue weighted by Gasteiger charge is 2.11. The van der Waals surface area contributed by atoms with Crippen molar-refractivity contribution >= 4 is 11.5 Å². The molecule has 0 aliphatic rings. The topological polar surface area (TPSA) is 97.7 Å². The van der Waals surface area contributed by atoms with Crippen LogP contribution in [0.15, 0.2) is 66.9 Å². The molecule has 0 saturated heterocycles. The molecule has 0 spiro atoms. The normalized spacial score (nSPS) is 13.2. The van der Waals surface area contributed by atoms with E-state index in [-0.39, 0.29) is 25.1 Å². The van der Waals surface area contributed by atoms with Gasteiger partial charge >= 0.3 is 0 Å². The first-order chi connectivity index (χ1) is 15.0. The third kappa shape index (κ3) is 4.82. The van der Waals surface area contributed by atoms with Crippen molar-refractivity contribution in [3.8, 4) is 17.0 Å². The highest BCUT2D eigenvalue weighted by atomic mass is 19.1. The Morgan fingerprint density at radius 2 is 1.97 bits per heavy atom. The van der Waals surface area contributed by atoms with Gasteiger partial charge in [-0.15, -0.1) is 5.10 Å². The Morgan fingerprint density at radius 1 is 1.16 bits per heavy atom. The molecule has 0 aliphatic carbocycles. The molecule has 0 saturated carbocycles. The van der Waals surface area contributed by atoms with Crippen molar-refractivity contribution in [2.45, 2.75) is 19.0 Å². The van der Waals surface area contributed by atoms with Gasteiger partial charge in [0.15, 0.2) is 5.65 Å². The zero-order chi connectivity index (χ0) is 21.8. The molecule has 4 rings (SSSR count). The summed E-state index contributed by atoms with van der Waals surface area (Å²) in [5.74, 6) is 1.05. The van der Waals surface area contributed by atoms with E-state index in [2.05, 4.69) is 15.4 Å². The lowest BCUT2D eigenvalue weighted by molar-refractivity contribution is 0.206. The Kier molecular flexibility index (Phi) is 6.11. The van der Waals surface area contributed by atoms with Crippen LogP contribution in [0.25, 0.3) is 16.9 Å². The van der Waals surface area contributed by atoms with Gasteiger partial charge < -0.3 is 20.9 Å². The molecule has 2 heterocycles. The first-order valence-electron chi connectivity index (χ1n) is 10.00. The summed E-state index contributed by atoms with van der Waals surface area (Å²) in [6.45, 7) is 2.07. The molecule has 7 nitrogen and oxygen atoms in total. The van der Waals surface area contributed by atoms with Gasteiger partial charge in [-0.1, -0.05) is 12.1 Å². The smallest absolute Gasteiger partial charge is 0.154 e. The van der Waals surface area contributed by atoms with Crippen LogP contribution in [-0.4, -0.2) is 39.0 Å².